The Hall–Kier alpha value is -2.22. The van der Waals surface area contributed by atoms with E-state index in [1.165, 1.54) is 11.3 Å². The molecule has 0 fully saturated rings. The number of hydrogen-bond donors (Lipinski definition) is 2. The normalized spacial score (nSPS) is 15.3. The lowest BCUT2D eigenvalue weighted by molar-refractivity contribution is -0.137. The van der Waals surface area contributed by atoms with Gasteiger partial charge in [-0.3, -0.25) is 19.0 Å². The van der Waals surface area contributed by atoms with Crippen LogP contribution in [0.2, 0.25) is 0 Å². The summed E-state index contributed by atoms with van der Waals surface area (Å²) in [7, 11) is 0. The monoisotopic (exact) mass is 377 g/mol. The molecule has 140 valence electrons. The van der Waals surface area contributed by atoms with E-state index in [2.05, 4.69) is 10.3 Å². The van der Waals surface area contributed by atoms with Gasteiger partial charge in [-0.1, -0.05) is 6.42 Å². The number of nitrogens with zero attached hydrogens (tertiary/aromatic N) is 2. The van der Waals surface area contributed by atoms with E-state index >= 15 is 0 Å². The molecular weight excluding hydrogens is 354 g/mol. The predicted molar refractivity (Wildman–Crippen MR) is 100.0 cm³/mol. The van der Waals surface area contributed by atoms with Crippen LogP contribution < -0.4 is 10.9 Å². The number of aryl methyl sites for hydroxylation is 2. The zero-order chi connectivity index (χ0) is 18.8. The summed E-state index contributed by atoms with van der Waals surface area (Å²) in [5, 5.41) is 12.1. The minimum absolute atomic E-state index is 0.00245. The van der Waals surface area contributed by atoms with E-state index in [9.17, 15) is 14.4 Å². The number of aliphatic carboxylic acids is 1. The van der Waals surface area contributed by atoms with Crippen molar-refractivity contribution in [3.05, 3.63) is 26.6 Å². The van der Waals surface area contributed by atoms with Crippen molar-refractivity contribution in [1.29, 1.82) is 0 Å². The Morgan fingerprint density at radius 3 is 2.85 bits per heavy atom. The molecule has 3 heterocycles. The van der Waals surface area contributed by atoms with Crippen LogP contribution >= 0.6 is 11.3 Å². The number of nitrogens with one attached hydrogen (secondary N) is 1. The van der Waals surface area contributed by atoms with Gasteiger partial charge in [-0.15, -0.1) is 11.3 Å². The van der Waals surface area contributed by atoms with Crippen molar-refractivity contribution < 1.29 is 14.7 Å². The summed E-state index contributed by atoms with van der Waals surface area (Å²) in [5.41, 5.74) is 0.601. The lowest BCUT2D eigenvalue weighted by atomic mass is 10.1. The highest BCUT2D eigenvalue weighted by molar-refractivity contribution is 7.20. The summed E-state index contributed by atoms with van der Waals surface area (Å²) in [5.74, 6) is -0.353. The molecular formula is C18H23N3O4S. The predicted octanol–water partition coefficient (Wildman–Crippen LogP) is 2.48. The fraction of sp³-hybridized carbons (Fsp3) is 0.556. The summed E-state index contributed by atoms with van der Waals surface area (Å²) in [4.78, 5) is 41.9. The van der Waals surface area contributed by atoms with Crippen molar-refractivity contribution >= 4 is 33.4 Å². The Morgan fingerprint density at radius 2 is 2.12 bits per heavy atom. The minimum atomic E-state index is -0.886. The summed E-state index contributed by atoms with van der Waals surface area (Å²) in [6.07, 6.45) is 4.24. The number of fused-ring (bicyclic) bond motifs is 2. The van der Waals surface area contributed by atoms with Crippen LogP contribution in [0.15, 0.2) is 4.79 Å². The Bertz CT molecular complexity index is 915. The van der Waals surface area contributed by atoms with Gasteiger partial charge in [0.1, 0.15) is 10.7 Å². The number of thiophene rings is 1. The zero-order valence-electron chi connectivity index (χ0n) is 15.0. The topological polar surface area (TPSA) is 101 Å². The molecule has 1 atom stereocenters. The van der Waals surface area contributed by atoms with E-state index in [0.29, 0.717) is 33.6 Å². The molecule has 2 aromatic rings. The van der Waals surface area contributed by atoms with Crippen LogP contribution in [-0.2, 0) is 17.8 Å². The largest absolute Gasteiger partial charge is 0.481 e. The molecule has 1 unspecified atom stereocenters. The molecule has 0 aliphatic carbocycles. The first-order chi connectivity index (χ1) is 12.4. The molecule has 26 heavy (non-hydrogen) atoms. The van der Waals surface area contributed by atoms with Gasteiger partial charge in [-0.05, 0) is 38.7 Å². The third-order valence-electron chi connectivity index (χ3n) is 4.79. The Kier molecular flexibility index (Phi) is 5.41. The molecule has 1 aliphatic heterocycles. The van der Waals surface area contributed by atoms with E-state index in [-0.39, 0.29) is 23.9 Å². The van der Waals surface area contributed by atoms with Gasteiger partial charge >= 0.3 is 5.97 Å². The van der Waals surface area contributed by atoms with Crippen LogP contribution in [-0.4, -0.2) is 32.6 Å². The second kappa shape index (κ2) is 7.57. The van der Waals surface area contributed by atoms with Gasteiger partial charge in [0, 0.05) is 25.4 Å². The quantitative estimate of drug-likeness (QED) is 0.833. The highest BCUT2D eigenvalue weighted by Crippen LogP contribution is 2.28. The number of carboxylic acids is 1. The summed E-state index contributed by atoms with van der Waals surface area (Å²) < 4.78 is 1.76. The van der Waals surface area contributed by atoms with Crippen LogP contribution in [0.1, 0.15) is 60.1 Å². The summed E-state index contributed by atoms with van der Waals surface area (Å²) in [6, 6.07) is -0.256. The molecule has 2 aromatic heterocycles. The van der Waals surface area contributed by atoms with Crippen molar-refractivity contribution in [1.82, 2.24) is 14.9 Å². The average Bonchev–Trinajstić information content (AvgIpc) is 2.76. The zero-order valence-corrected chi connectivity index (χ0v) is 15.8. The lowest BCUT2D eigenvalue weighted by Crippen LogP contribution is -2.32. The maximum Gasteiger partial charge on any atom is 0.303 e. The van der Waals surface area contributed by atoms with Gasteiger partial charge < -0.3 is 10.4 Å². The van der Waals surface area contributed by atoms with Crippen LogP contribution in [0.5, 0.6) is 0 Å². The fourth-order valence-electron chi connectivity index (χ4n) is 3.33. The van der Waals surface area contributed by atoms with E-state index in [0.717, 1.165) is 31.5 Å². The van der Waals surface area contributed by atoms with Crippen molar-refractivity contribution in [2.45, 2.75) is 65.0 Å². The number of amides is 1. The van der Waals surface area contributed by atoms with Gasteiger partial charge in [-0.2, -0.15) is 0 Å². The molecule has 1 aliphatic rings. The number of carbonyl (C=O) groups excluding carboxylic acids is 1. The standard InChI is InChI=1S/C18H23N3O4S/c1-10(7-8-13(22)23)19-16(24)15-11(2)14-17(26-15)20-12-6-4-3-5-9-21(12)18(14)25/h10H,3-9H2,1-2H3,(H,19,24)(H,22,23). The molecule has 1 amide bonds. The highest BCUT2D eigenvalue weighted by Gasteiger charge is 2.23. The smallest absolute Gasteiger partial charge is 0.303 e. The van der Waals surface area contributed by atoms with Gasteiger partial charge in [0.15, 0.2) is 0 Å². The third-order valence-corrected chi connectivity index (χ3v) is 5.97. The van der Waals surface area contributed by atoms with Gasteiger partial charge in [0.05, 0.1) is 10.3 Å². The second-order valence-electron chi connectivity index (χ2n) is 6.84. The Balaban J connectivity index is 1.92. The van der Waals surface area contributed by atoms with Crippen LogP contribution in [0, 0.1) is 6.92 Å². The fourth-order valence-corrected chi connectivity index (χ4v) is 4.42. The van der Waals surface area contributed by atoms with Crippen molar-refractivity contribution in [3.8, 4) is 0 Å². The van der Waals surface area contributed by atoms with Gasteiger partial charge in [0.2, 0.25) is 0 Å². The maximum atomic E-state index is 12.9. The molecule has 0 saturated carbocycles. The van der Waals surface area contributed by atoms with Crippen molar-refractivity contribution in [2.24, 2.45) is 0 Å². The summed E-state index contributed by atoms with van der Waals surface area (Å²) >= 11 is 1.24. The molecule has 0 spiro atoms. The molecule has 0 saturated heterocycles. The first kappa shape index (κ1) is 18.6. The third kappa shape index (κ3) is 3.65. The Morgan fingerprint density at radius 1 is 1.35 bits per heavy atom. The number of carbonyl (C=O) groups is 2. The summed E-state index contributed by atoms with van der Waals surface area (Å²) in [6.45, 7) is 4.24. The lowest BCUT2D eigenvalue weighted by Gasteiger charge is -2.12. The molecule has 0 radical (unpaired) electrons. The minimum Gasteiger partial charge on any atom is -0.481 e. The maximum absolute atomic E-state index is 12.9. The van der Waals surface area contributed by atoms with E-state index < -0.39 is 5.97 Å². The number of aromatic nitrogens is 2. The molecule has 2 N–H and O–H groups in total. The number of hydrogen-bond acceptors (Lipinski definition) is 5. The second-order valence-corrected chi connectivity index (χ2v) is 7.84. The molecule has 3 rings (SSSR count). The first-order valence-electron chi connectivity index (χ1n) is 8.94. The van der Waals surface area contributed by atoms with E-state index in [1.54, 1.807) is 18.4 Å². The average molecular weight is 377 g/mol. The number of carboxylic acid groups (broad SMARTS) is 1. The molecule has 8 heteroatoms. The molecule has 7 nitrogen and oxygen atoms in total. The van der Waals surface area contributed by atoms with E-state index in [4.69, 9.17) is 5.11 Å². The first-order valence-corrected chi connectivity index (χ1v) is 9.75. The number of rotatable bonds is 5. The highest BCUT2D eigenvalue weighted by atomic mass is 32.1. The Labute approximate surface area is 155 Å². The van der Waals surface area contributed by atoms with Crippen molar-refractivity contribution in [3.63, 3.8) is 0 Å². The SMILES string of the molecule is Cc1c(C(=O)NC(C)CCC(=O)O)sc2nc3n(c(=O)c12)CCCCC3. The molecule has 0 aromatic carbocycles. The van der Waals surface area contributed by atoms with Crippen molar-refractivity contribution in [2.75, 3.05) is 0 Å². The van der Waals surface area contributed by atoms with Gasteiger partial charge in [-0.25, -0.2) is 4.98 Å². The molecule has 0 bridgehead atoms. The van der Waals surface area contributed by atoms with Crippen LogP contribution in [0.4, 0.5) is 0 Å². The van der Waals surface area contributed by atoms with E-state index in [1.807, 2.05) is 0 Å². The van der Waals surface area contributed by atoms with Gasteiger partial charge in [0.25, 0.3) is 11.5 Å². The van der Waals surface area contributed by atoms with Crippen LogP contribution in [0.25, 0.3) is 10.2 Å². The van der Waals surface area contributed by atoms with Crippen LogP contribution in [0.3, 0.4) is 0 Å².